The van der Waals surface area contributed by atoms with Crippen LogP contribution in [0.4, 0.5) is 0 Å². The molecule has 2 aliphatic heterocycles. The van der Waals surface area contributed by atoms with Crippen LogP contribution in [0, 0.1) is 5.92 Å². The lowest BCUT2D eigenvalue weighted by molar-refractivity contribution is 0.0885. The van der Waals surface area contributed by atoms with Gasteiger partial charge in [0.1, 0.15) is 0 Å². The number of thioether (sulfide) groups is 1. The fourth-order valence-electron chi connectivity index (χ4n) is 3.43. The van der Waals surface area contributed by atoms with Crippen LogP contribution in [0.1, 0.15) is 44.7 Å². The fraction of sp³-hybridized carbons (Fsp3) is 0.765. The molecule has 0 amide bonds. The number of hydrogen-bond donors (Lipinski definition) is 2. The molecule has 124 valence electrons. The van der Waals surface area contributed by atoms with Crippen molar-refractivity contribution in [2.24, 2.45) is 5.92 Å². The number of piperidine rings is 1. The first kappa shape index (κ1) is 16.8. The Morgan fingerprint density at radius 3 is 2.91 bits per heavy atom. The number of nitrogens with zero attached hydrogens (tertiary/aromatic N) is 1. The second-order valence-corrected chi connectivity index (χ2v) is 9.55. The van der Waals surface area contributed by atoms with E-state index in [1.807, 2.05) is 23.1 Å². The normalized spacial score (nSPS) is 28.5. The SMILES string of the molecule is CC1CCN(CC(O)CNC2C[C@H](C)Sc3sccc32)CC1. The van der Waals surface area contributed by atoms with Crippen LogP contribution in [0.15, 0.2) is 15.7 Å². The summed E-state index contributed by atoms with van der Waals surface area (Å²) in [5.41, 5.74) is 1.44. The Kier molecular flexibility index (Phi) is 5.85. The lowest BCUT2D eigenvalue weighted by Gasteiger charge is -2.33. The van der Waals surface area contributed by atoms with E-state index in [2.05, 4.69) is 35.5 Å². The molecule has 2 N–H and O–H groups in total. The van der Waals surface area contributed by atoms with Gasteiger partial charge in [0.25, 0.3) is 0 Å². The summed E-state index contributed by atoms with van der Waals surface area (Å²) >= 11 is 3.84. The van der Waals surface area contributed by atoms with Crippen molar-refractivity contribution in [1.29, 1.82) is 0 Å². The molecule has 0 saturated carbocycles. The Balaban J connectivity index is 1.46. The Labute approximate surface area is 142 Å². The number of nitrogens with one attached hydrogen (secondary N) is 1. The van der Waals surface area contributed by atoms with Crippen LogP contribution in [0.25, 0.3) is 0 Å². The molecule has 1 fully saturated rings. The van der Waals surface area contributed by atoms with Crippen LogP contribution in [0.2, 0.25) is 0 Å². The van der Waals surface area contributed by atoms with Crippen molar-refractivity contribution in [2.45, 2.75) is 54.7 Å². The number of rotatable bonds is 5. The molecule has 1 saturated heterocycles. The number of aliphatic hydroxyl groups excluding tert-OH is 1. The molecule has 0 radical (unpaired) electrons. The highest BCUT2D eigenvalue weighted by Gasteiger charge is 2.26. The summed E-state index contributed by atoms with van der Waals surface area (Å²) < 4.78 is 1.45. The van der Waals surface area contributed by atoms with Gasteiger partial charge in [0, 0.05) is 24.4 Å². The smallest absolute Gasteiger partial charge is 0.0791 e. The van der Waals surface area contributed by atoms with Gasteiger partial charge in [0.15, 0.2) is 0 Å². The minimum Gasteiger partial charge on any atom is -0.390 e. The predicted octanol–water partition coefficient (Wildman–Crippen LogP) is 3.36. The number of aliphatic hydroxyl groups is 1. The molecule has 0 aromatic carbocycles. The van der Waals surface area contributed by atoms with Gasteiger partial charge in [-0.1, -0.05) is 13.8 Å². The van der Waals surface area contributed by atoms with Gasteiger partial charge >= 0.3 is 0 Å². The van der Waals surface area contributed by atoms with Gasteiger partial charge in [0.05, 0.1) is 10.3 Å². The summed E-state index contributed by atoms with van der Waals surface area (Å²) in [6, 6.07) is 2.66. The van der Waals surface area contributed by atoms with Crippen molar-refractivity contribution in [3.63, 3.8) is 0 Å². The maximum Gasteiger partial charge on any atom is 0.0791 e. The monoisotopic (exact) mass is 340 g/mol. The second-order valence-electron chi connectivity index (χ2n) is 6.93. The summed E-state index contributed by atoms with van der Waals surface area (Å²) in [5.74, 6) is 0.852. The zero-order chi connectivity index (χ0) is 15.5. The minimum absolute atomic E-state index is 0.264. The van der Waals surface area contributed by atoms with Gasteiger partial charge in [-0.15, -0.1) is 23.1 Å². The average Bonchev–Trinajstić information content (AvgIpc) is 2.95. The maximum atomic E-state index is 10.4. The van der Waals surface area contributed by atoms with Crippen LogP contribution < -0.4 is 5.32 Å². The van der Waals surface area contributed by atoms with Crippen molar-refractivity contribution in [2.75, 3.05) is 26.2 Å². The van der Waals surface area contributed by atoms with Crippen LogP contribution in [-0.4, -0.2) is 47.5 Å². The molecule has 3 atom stereocenters. The van der Waals surface area contributed by atoms with Gasteiger partial charge in [-0.2, -0.15) is 0 Å². The van der Waals surface area contributed by atoms with Crippen molar-refractivity contribution in [3.8, 4) is 0 Å². The molecule has 0 bridgehead atoms. The van der Waals surface area contributed by atoms with Crippen molar-refractivity contribution < 1.29 is 5.11 Å². The summed E-state index contributed by atoms with van der Waals surface area (Å²) in [6.07, 6.45) is 3.44. The number of hydrogen-bond acceptors (Lipinski definition) is 5. The number of thiophene rings is 1. The second kappa shape index (κ2) is 7.67. The van der Waals surface area contributed by atoms with E-state index >= 15 is 0 Å². The molecular formula is C17H28N2OS2. The van der Waals surface area contributed by atoms with Gasteiger partial charge in [0.2, 0.25) is 0 Å². The van der Waals surface area contributed by atoms with Crippen LogP contribution in [-0.2, 0) is 0 Å². The van der Waals surface area contributed by atoms with E-state index in [0.717, 1.165) is 32.0 Å². The van der Waals surface area contributed by atoms with E-state index in [4.69, 9.17) is 0 Å². The zero-order valence-corrected chi connectivity index (χ0v) is 15.3. The van der Waals surface area contributed by atoms with E-state index in [1.54, 1.807) is 0 Å². The molecule has 1 aromatic rings. The van der Waals surface area contributed by atoms with Crippen LogP contribution in [0.3, 0.4) is 0 Å². The minimum atomic E-state index is -0.264. The van der Waals surface area contributed by atoms with Crippen LogP contribution >= 0.6 is 23.1 Å². The number of likely N-dealkylation sites (tertiary alicyclic amines) is 1. The number of fused-ring (bicyclic) bond motifs is 1. The topological polar surface area (TPSA) is 35.5 Å². The van der Waals surface area contributed by atoms with E-state index in [9.17, 15) is 5.11 Å². The molecule has 0 aliphatic carbocycles. The highest BCUT2D eigenvalue weighted by molar-refractivity contribution is 8.01. The molecule has 2 unspecified atom stereocenters. The highest BCUT2D eigenvalue weighted by Crippen LogP contribution is 2.43. The van der Waals surface area contributed by atoms with Crippen molar-refractivity contribution in [3.05, 3.63) is 17.0 Å². The largest absolute Gasteiger partial charge is 0.390 e. The van der Waals surface area contributed by atoms with Crippen molar-refractivity contribution >= 4 is 23.1 Å². The molecule has 3 nitrogen and oxygen atoms in total. The third-order valence-electron chi connectivity index (χ3n) is 4.85. The molecule has 3 rings (SSSR count). The van der Waals surface area contributed by atoms with Gasteiger partial charge in [-0.25, -0.2) is 0 Å². The molecule has 3 heterocycles. The fourth-order valence-corrected chi connectivity index (χ4v) is 5.99. The van der Waals surface area contributed by atoms with Gasteiger partial charge in [-0.05, 0) is 55.3 Å². The quantitative estimate of drug-likeness (QED) is 0.862. The van der Waals surface area contributed by atoms with E-state index < -0.39 is 0 Å². The van der Waals surface area contributed by atoms with Gasteiger partial charge in [-0.3, -0.25) is 0 Å². The Morgan fingerprint density at radius 2 is 2.14 bits per heavy atom. The third-order valence-corrected chi connectivity index (χ3v) is 7.20. The lowest BCUT2D eigenvalue weighted by Crippen LogP contribution is -2.42. The predicted molar refractivity (Wildman–Crippen MR) is 95.8 cm³/mol. The summed E-state index contributed by atoms with van der Waals surface area (Å²) in [5, 5.41) is 16.8. The molecule has 2 aliphatic rings. The van der Waals surface area contributed by atoms with Crippen molar-refractivity contribution in [1.82, 2.24) is 10.2 Å². The number of β-amino-alcohol motifs (C(OH)–C–C–N with tert-alkyl or cyclic N) is 1. The maximum absolute atomic E-state index is 10.4. The molecular weight excluding hydrogens is 312 g/mol. The molecule has 22 heavy (non-hydrogen) atoms. The summed E-state index contributed by atoms with van der Waals surface area (Å²) in [7, 11) is 0. The third kappa shape index (κ3) is 4.26. The average molecular weight is 341 g/mol. The summed E-state index contributed by atoms with van der Waals surface area (Å²) in [6.45, 7) is 8.42. The van der Waals surface area contributed by atoms with Crippen LogP contribution in [0.5, 0.6) is 0 Å². The lowest BCUT2D eigenvalue weighted by atomic mass is 9.99. The molecule has 5 heteroatoms. The summed E-state index contributed by atoms with van der Waals surface area (Å²) in [4.78, 5) is 2.42. The Bertz CT molecular complexity index is 471. The molecule has 1 aromatic heterocycles. The first-order valence-electron chi connectivity index (χ1n) is 8.49. The van der Waals surface area contributed by atoms with E-state index in [-0.39, 0.29) is 6.10 Å². The zero-order valence-electron chi connectivity index (χ0n) is 13.6. The van der Waals surface area contributed by atoms with E-state index in [0.29, 0.717) is 17.8 Å². The van der Waals surface area contributed by atoms with E-state index in [1.165, 1.54) is 22.6 Å². The Hall–Kier alpha value is -0.0700. The standard InChI is InChI=1S/C17H28N2OS2/c1-12-3-6-19(7-4-12)11-14(20)10-18-16-9-13(2)22-17-15(16)5-8-21-17/h5,8,12-14,16,18,20H,3-4,6-7,9-11H2,1-2H3/t13-,14?,16?/m0/s1. The highest BCUT2D eigenvalue weighted by atomic mass is 32.2. The molecule has 0 spiro atoms. The Morgan fingerprint density at radius 1 is 1.36 bits per heavy atom. The first-order chi connectivity index (χ1) is 10.6. The van der Waals surface area contributed by atoms with Gasteiger partial charge < -0.3 is 15.3 Å². The first-order valence-corrected chi connectivity index (χ1v) is 10.3.